The number of rotatable bonds is 3. The zero-order valence-electron chi connectivity index (χ0n) is 7.58. The van der Waals surface area contributed by atoms with Crippen LogP contribution in [0, 0.1) is 0 Å². The quantitative estimate of drug-likeness (QED) is 0.781. The third-order valence-electron chi connectivity index (χ3n) is 1.82. The second kappa shape index (κ2) is 3.47. The molecule has 2 aromatic rings. The molecule has 0 aliphatic heterocycles. The Balaban J connectivity index is 2.28. The van der Waals surface area contributed by atoms with E-state index in [1.54, 1.807) is 0 Å². The molecular formula is C10H12N2O. The summed E-state index contributed by atoms with van der Waals surface area (Å²) in [6.07, 6.45) is 1.07. The zero-order chi connectivity index (χ0) is 9.10. The Morgan fingerprint density at radius 1 is 1.38 bits per heavy atom. The normalized spacial score (nSPS) is 10.5. The molecule has 0 spiro atoms. The molecule has 1 heterocycles. The Labute approximate surface area is 76.8 Å². The van der Waals surface area contributed by atoms with Crippen LogP contribution in [0.3, 0.4) is 0 Å². The monoisotopic (exact) mass is 176 g/mol. The second-order valence-electron chi connectivity index (χ2n) is 2.91. The van der Waals surface area contributed by atoms with Crippen molar-refractivity contribution in [3.63, 3.8) is 0 Å². The van der Waals surface area contributed by atoms with E-state index in [1.807, 2.05) is 24.3 Å². The van der Waals surface area contributed by atoms with Crippen LogP contribution < -0.4 is 5.32 Å². The van der Waals surface area contributed by atoms with Gasteiger partial charge in [0.1, 0.15) is 5.52 Å². The van der Waals surface area contributed by atoms with Crippen molar-refractivity contribution in [1.82, 2.24) is 4.98 Å². The number of nitrogens with one attached hydrogen (secondary N) is 1. The average Bonchev–Trinajstić information content (AvgIpc) is 2.57. The largest absolute Gasteiger partial charge is 0.424 e. The third kappa shape index (κ3) is 1.64. The Morgan fingerprint density at radius 2 is 2.23 bits per heavy atom. The minimum Gasteiger partial charge on any atom is -0.424 e. The van der Waals surface area contributed by atoms with Crippen molar-refractivity contribution >= 4 is 17.1 Å². The van der Waals surface area contributed by atoms with E-state index in [-0.39, 0.29) is 0 Å². The third-order valence-corrected chi connectivity index (χ3v) is 1.82. The molecule has 0 radical (unpaired) electrons. The van der Waals surface area contributed by atoms with Gasteiger partial charge in [0, 0.05) is 6.54 Å². The van der Waals surface area contributed by atoms with E-state index in [2.05, 4.69) is 17.2 Å². The summed E-state index contributed by atoms with van der Waals surface area (Å²) in [5, 5.41) is 3.11. The van der Waals surface area contributed by atoms with Crippen LogP contribution in [0.25, 0.3) is 11.1 Å². The van der Waals surface area contributed by atoms with Gasteiger partial charge in [-0.05, 0) is 18.6 Å². The van der Waals surface area contributed by atoms with Crippen LogP contribution in [-0.2, 0) is 0 Å². The van der Waals surface area contributed by atoms with Gasteiger partial charge in [0.25, 0.3) is 6.01 Å². The number of benzene rings is 1. The Morgan fingerprint density at radius 3 is 3.00 bits per heavy atom. The second-order valence-corrected chi connectivity index (χ2v) is 2.91. The van der Waals surface area contributed by atoms with Crippen LogP contribution in [0.1, 0.15) is 13.3 Å². The van der Waals surface area contributed by atoms with E-state index < -0.39 is 0 Å². The lowest BCUT2D eigenvalue weighted by Gasteiger charge is -1.94. The van der Waals surface area contributed by atoms with Gasteiger partial charge in [-0.2, -0.15) is 4.98 Å². The van der Waals surface area contributed by atoms with E-state index in [1.165, 1.54) is 0 Å². The first-order valence-electron chi connectivity index (χ1n) is 4.49. The highest BCUT2D eigenvalue weighted by molar-refractivity contribution is 5.74. The molecule has 0 fully saturated rings. The van der Waals surface area contributed by atoms with E-state index in [0.29, 0.717) is 6.01 Å². The number of fused-ring (bicyclic) bond motifs is 1. The SMILES string of the molecule is CCCNc1nc2ccccc2o1. The van der Waals surface area contributed by atoms with Gasteiger partial charge in [-0.15, -0.1) is 0 Å². The Hall–Kier alpha value is -1.51. The van der Waals surface area contributed by atoms with E-state index in [9.17, 15) is 0 Å². The summed E-state index contributed by atoms with van der Waals surface area (Å²) in [7, 11) is 0. The summed E-state index contributed by atoms with van der Waals surface area (Å²) < 4.78 is 5.45. The molecule has 1 aromatic heterocycles. The fourth-order valence-electron chi connectivity index (χ4n) is 1.18. The molecule has 13 heavy (non-hydrogen) atoms. The van der Waals surface area contributed by atoms with Gasteiger partial charge in [0.05, 0.1) is 0 Å². The lowest BCUT2D eigenvalue weighted by Crippen LogP contribution is -1.98. The van der Waals surface area contributed by atoms with Gasteiger partial charge in [-0.25, -0.2) is 0 Å². The summed E-state index contributed by atoms with van der Waals surface area (Å²) in [6, 6.07) is 8.36. The maximum atomic E-state index is 5.45. The van der Waals surface area contributed by atoms with Gasteiger partial charge >= 0.3 is 0 Å². The molecule has 0 saturated carbocycles. The lowest BCUT2D eigenvalue weighted by molar-refractivity contribution is 0.614. The molecule has 0 unspecified atom stereocenters. The fraction of sp³-hybridized carbons (Fsp3) is 0.300. The molecular weight excluding hydrogens is 164 g/mol. The predicted molar refractivity (Wildman–Crippen MR) is 52.8 cm³/mol. The van der Waals surface area contributed by atoms with E-state index in [4.69, 9.17) is 4.42 Å². The number of anilines is 1. The van der Waals surface area contributed by atoms with E-state index >= 15 is 0 Å². The molecule has 3 nitrogen and oxygen atoms in total. The summed E-state index contributed by atoms with van der Waals surface area (Å²) in [5.74, 6) is 0. The topological polar surface area (TPSA) is 38.1 Å². The number of aromatic nitrogens is 1. The molecule has 0 bridgehead atoms. The van der Waals surface area contributed by atoms with Gasteiger partial charge in [0.15, 0.2) is 5.58 Å². The van der Waals surface area contributed by atoms with Crippen molar-refractivity contribution in [1.29, 1.82) is 0 Å². The maximum absolute atomic E-state index is 5.45. The van der Waals surface area contributed by atoms with Crippen molar-refractivity contribution < 1.29 is 4.42 Å². The van der Waals surface area contributed by atoms with Crippen LogP contribution in [0.2, 0.25) is 0 Å². The summed E-state index contributed by atoms with van der Waals surface area (Å²) >= 11 is 0. The minimum absolute atomic E-state index is 0.614. The van der Waals surface area contributed by atoms with Crippen molar-refractivity contribution in [2.24, 2.45) is 0 Å². The highest BCUT2D eigenvalue weighted by Crippen LogP contribution is 2.17. The molecule has 0 aliphatic rings. The number of para-hydroxylation sites is 2. The molecule has 2 rings (SSSR count). The van der Waals surface area contributed by atoms with Crippen molar-refractivity contribution in [3.8, 4) is 0 Å². The standard InChI is InChI=1S/C10H12N2O/c1-2-7-11-10-12-8-5-3-4-6-9(8)13-10/h3-6H,2,7H2,1H3,(H,11,12). The highest BCUT2D eigenvalue weighted by Gasteiger charge is 2.02. The summed E-state index contributed by atoms with van der Waals surface area (Å²) in [6.45, 7) is 3.00. The molecule has 1 N–H and O–H groups in total. The van der Waals surface area contributed by atoms with E-state index in [0.717, 1.165) is 24.1 Å². The van der Waals surface area contributed by atoms with Crippen LogP contribution in [0.15, 0.2) is 28.7 Å². The van der Waals surface area contributed by atoms with Gasteiger partial charge in [-0.3, -0.25) is 0 Å². The van der Waals surface area contributed by atoms with Crippen LogP contribution >= 0.6 is 0 Å². The van der Waals surface area contributed by atoms with Crippen LogP contribution in [-0.4, -0.2) is 11.5 Å². The smallest absolute Gasteiger partial charge is 0.295 e. The molecule has 0 aliphatic carbocycles. The van der Waals surface area contributed by atoms with Gasteiger partial charge < -0.3 is 9.73 Å². The Bertz CT molecular complexity index is 361. The zero-order valence-corrected chi connectivity index (χ0v) is 7.58. The first-order chi connectivity index (χ1) is 6.40. The summed E-state index contributed by atoms with van der Waals surface area (Å²) in [4.78, 5) is 4.27. The molecule has 0 amide bonds. The molecule has 1 aromatic carbocycles. The van der Waals surface area contributed by atoms with Crippen LogP contribution in [0.4, 0.5) is 6.01 Å². The maximum Gasteiger partial charge on any atom is 0.295 e. The van der Waals surface area contributed by atoms with Crippen molar-refractivity contribution in [2.75, 3.05) is 11.9 Å². The van der Waals surface area contributed by atoms with Crippen molar-refractivity contribution in [2.45, 2.75) is 13.3 Å². The van der Waals surface area contributed by atoms with Gasteiger partial charge in [-0.1, -0.05) is 19.1 Å². The van der Waals surface area contributed by atoms with Crippen LogP contribution in [0.5, 0.6) is 0 Å². The summed E-state index contributed by atoms with van der Waals surface area (Å²) in [5.41, 5.74) is 1.74. The molecule has 3 heteroatoms. The van der Waals surface area contributed by atoms with Gasteiger partial charge in [0.2, 0.25) is 0 Å². The number of hydrogen-bond acceptors (Lipinski definition) is 3. The Kier molecular flexibility index (Phi) is 2.17. The number of oxazole rings is 1. The molecule has 68 valence electrons. The number of nitrogens with zero attached hydrogens (tertiary/aromatic N) is 1. The molecule has 0 saturated heterocycles. The first kappa shape index (κ1) is 8.10. The first-order valence-corrected chi connectivity index (χ1v) is 4.49. The van der Waals surface area contributed by atoms with Crippen molar-refractivity contribution in [3.05, 3.63) is 24.3 Å². The number of hydrogen-bond donors (Lipinski definition) is 1. The highest BCUT2D eigenvalue weighted by atomic mass is 16.4. The minimum atomic E-state index is 0.614. The predicted octanol–water partition coefficient (Wildman–Crippen LogP) is 2.65. The molecule has 0 atom stereocenters. The average molecular weight is 176 g/mol. The fourth-order valence-corrected chi connectivity index (χ4v) is 1.18. The lowest BCUT2D eigenvalue weighted by atomic mass is 10.3.